The second kappa shape index (κ2) is 10.3. The standard InChI is InChI=1S/C26H28N2O8S2/c1-4-14-26-15-13-17(16-26)22(24(29)27-18-5-9-20(10-6-18)35-37(2,31)32)23(26)25(30)28-19-7-11-21(12-8-19)36-38(3,33)34/h4-13,15,17,22-23H,1,14,16H2,2-3H3,(H,27,29)(H,28,30). The van der Waals surface area contributed by atoms with E-state index in [0.717, 1.165) is 12.5 Å². The summed E-state index contributed by atoms with van der Waals surface area (Å²) >= 11 is 0. The minimum atomic E-state index is -3.68. The fourth-order valence-electron chi connectivity index (χ4n) is 5.27. The summed E-state index contributed by atoms with van der Waals surface area (Å²) in [5.74, 6) is -1.93. The van der Waals surface area contributed by atoms with E-state index in [0.29, 0.717) is 24.2 Å². The lowest BCUT2D eigenvalue weighted by atomic mass is 9.70. The monoisotopic (exact) mass is 560 g/mol. The summed E-state index contributed by atoms with van der Waals surface area (Å²) in [6.07, 6.45) is 8.72. The highest BCUT2D eigenvalue weighted by molar-refractivity contribution is 7.86. The van der Waals surface area contributed by atoms with Gasteiger partial charge in [0.15, 0.2) is 0 Å². The largest absolute Gasteiger partial charge is 0.383 e. The molecule has 4 atom stereocenters. The number of nitrogens with one attached hydrogen (secondary N) is 2. The molecule has 202 valence electrons. The molecular formula is C26H28N2O8S2. The molecule has 0 aromatic heterocycles. The number of amides is 2. The van der Waals surface area contributed by atoms with Crippen LogP contribution in [0.4, 0.5) is 11.4 Å². The van der Waals surface area contributed by atoms with Crippen molar-refractivity contribution in [3.8, 4) is 11.5 Å². The van der Waals surface area contributed by atoms with E-state index in [1.165, 1.54) is 48.5 Å². The van der Waals surface area contributed by atoms with E-state index in [4.69, 9.17) is 8.37 Å². The zero-order chi connectivity index (χ0) is 27.7. The second-order valence-corrected chi connectivity index (χ2v) is 12.7. The first-order chi connectivity index (χ1) is 17.8. The van der Waals surface area contributed by atoms with Crippen LogP contribution in [-0.4, -0.2) is 41.2 Å². The predicted octanol–water partition coefficient (Wildman–Crippen LogP) is 3.33. The molecule has 2 aromatic carbocycles. The van der Waals surface area contributed by atoms with Crippen molar-refractivity contribution in [3.05, 3.63) is 73.3 Å². The minimum absolute atomic E-state index is 0.113. The van der Waals surface area contributed by atoms with Gasteiger partial charge in [-0.1, -0.05) is 18.2 Å². The molecule has 2 bridgehead atoms. The zero-order valence-corrected chi connectivity index (χ0v) is 22.4. The summed E-state index contributed by atoms with van der Waals surface area (Å²) in [7, 11) is -7.36. The molecule has 2 aliphatic carbocycles. The molecule has 0 saturated heterocycles. The van der Waals surface area contributed by atoms with Crippen LogP contribution in [0, 0.1) is 23.2 Å². The van der Waals surface area contributed by atoms with Crippen LogP contribution in [0.2, 0.25) is 0 Å². The Morgan fingerprint density at radius 2 is 1.37 bits per heavy atom. The molecule has 10 nitrogen and oxygen atoms in total. The maximum atomic E-state index is 13.6. The van der Waals surface area contributed by atoms with Gasteiger partial charge in [0.05, 0.1) is 24.3 Å². The van der Waals surface area contributed by atoms with E-state index in [-0.39, 0.29) is 29.2 Å². The lowest BCUT2D eigenvalue weighted by Gasteiger charge is -2.34. The molecule has 2 aromatic rings. The minimum Gasteiger partial charge on any atom is -0.383 e. The number of carbonyl (C=O) groups excluding carboxylic acids is 2. The number of carbonyl (C=O) groups is 2. The number of anilines is 2. The van der Waals surface area contributed by atoms with Crippen molar-refractivity contribution in [3.63, 3.8) is 0 Å². The topological polar surface area (TPSA) is 145 Å². The fourth-order valence-corrected chi connectivity index (χ4v) is 6.19. The van der Waals surface area contributed by atoms with Crippen LogP contribution in [-0.2, 0) is 29.8 Å². The van der Waals surface area contributed by atoms with Gasteiger partial charge in [-0.3, -0.25) is 9.59 Å². The molecule has 4 rings (SSSR count). The van der Waals surface area contributed by atoms with Crippen molar-refractivity contribution in [1.82, 2.24) is 0 Å². The van der Waals surface area contributed by atoms with Crippen molar-refractivity contribution >= 4 is 43.4 Å². The SMILES string of the molecule is C=CCC12C=CC(C1)C(C(=O)Nc1ccc(OS(C)(=O)=O)cc1)C2C(=O)Nc1ccc(OS(C)(=O)=O)cc1. The van der Waals surface area contributed by atoms with Gasteiger partial charge in [-0.15, -0.1) is 6.58 Å². The Labute approximate surface area is 222 Å². The van der Waals surface area contributed by atoms with E-state index in [1.807, 2.05) is 12.2 Å². The molecule has 0 heterocycles. The number of rotatable bonds is 10. The Morgan fingerprint density at radius 1 is 0.895 bits per heavy atom. The summed E-state index contributed by atoms with van der Waals surface area (Å²) in [6, 6.07) is 11.8. The highest BCUT2D eigenvalue weighted by Crippen LogP contribution is 2.59. The molecule has 0 radical (unpaired) electrons. The van der Waals surface area contributed by atoms with Gasteiger partial charge >= 0.3 is 20.2 Å². The van der Waals surface area contributed by atoms with Crippen LogP contribution >= 0.6 is 0 Å². The Hall–Kier alpha value is -3.64. The molecule has 2 amide bonds. The third-order valence-corrected chi connectivity index (χ3v) is 7.57. The fraction of sp³-hybridized carbons (Fsp3) is 0.308. The summed E-state index contributed by atoms with van der Waals surface area (Å²) < 4.78 is 55.0. The average molecular weight is 561 g/mol. The van der Waals surface area contributed by atoms with Gasteiger partial charge in [0.1, 0.15) is 11.5 Å². The van der Waals surface area contributed by atoms with Crippen LogP contribution < -0.4 is 19.0 Å². The number of allylic oxidation sites excluding steroid dienone is 3. The highest BCUT2D eigenvalue weighted by atomic mass is 32.2. The maximum Gasteiger partial charge on any atom is 0.306 e. The molecule has 12 heteroatoms. The first kappa shape index (κ1) is 27.4. The summed E-state index contributed by atoms with van der Waals surface area (Å²) in [5.41, 5.74) is 0.295. The molecular weight excluding hydrogens is 532 g/mol. The van der Waals surface area contributed by atoms with Crippen LogP contribution in [0.15, 0.2) is 73.3 Å². The van der Waals surface area contributed by atoms with E-state index in [2.05, 4.69) is 17.2 Å². The molecule has 38 heavy (non-hydrogen) atoms. The maximum absolute atomic E-state index is 13.6. The Balaban J connectivity index is 1.53. The van der Waals surface area contributed by atoms with Gasteiger partial charge in [0.25, 0.3) is 0 Å². The van der Waals surface area contributed by atoms with E-state index in [1.54, 1.807) is 6.08 Å². The van der Waals surface area contributed by atoms with Crippen molar-refractivity contribution in [2.75, 3.05) is 23.1 Å². The van der Waals surface area contributed by atoms with Gasteiger partial charge < -0.3 is 19.0 Å². The number of hydrogen-bond acceptors (Lipinski definition) is 8. The Bertz CT molecular complexity index is 1480. The van der Waals surface area contributed by atoms with E-state index in [9.17, 15) is 26.4 Å². The van der Waals surface area contributed by atoms with Crippen molar-refractivity contribution in [1.29, 1.82) is 0 Å². The van der Waals surface area contributed by atoms with Crippen LogP contribution in [0.1, 0.15) is 12.8 Å². The molecule has 2 aliphatic rings. The summed E-state index contributed by atoms with van der Waals surface area (Å²) in [5, 5.41) is 5.69. The quantitative estimate of drug-likeness (QED) is 0.333. The van der Waals surface area contributed by atoms with Gasteiger partial charge in [-0.25, -0.2) is 0 Å². The lowest BCUT2D eigenvalue weighted by Crippen LogP contribution is -2.43. The molecule has 1 saturated carbocycles. The second-order valence-electron chi connectivity index (χ2n) is 9.56. The van der Waals surface area contributed by atoms with E-state index < -0.39 is 37.5 Å². The van der Waals surface area contributed by atoms with Gasteiger partial charge in [-0.2, -0.15) is 16.8 Å². The number of fused-ring (bicyclic) bond motifs is 2. The van der Waals surface area contributed by atoms with Crippen molar-refractivity contribution < 1.29 is 34.8 Å². The van der Waals surface area contributed by atoms with Crippen LogP contribution in [0.25, 0.3) is 0 Å². The number of hydrogen-bond donors (Lipinski definition) is 2. The van der Waals surface area contributed by atoms with Gasteiger partial charge in [-0.05, 0) is 67.3 Å². The molecule has 4 unspecified atom stereocenters. The van der Waals surface area contributed by atoms with E-state index >= 15 is 0 Å². The molecule has 0 spiro atoms. The van der Waals surface area contributed by atoms with Crippen LogP contribution in [0.3, 0.4) is 0 Å². The van der Waals surface area contributed by atoms with Crippen molar-refractivity contribution in [2.45, 2.75) is 12.8 Å². The number of benzene rings is 2. The first-order valence-electron chi connectivity index (χ1n) is 11.7. The Morgan fingerprint density at radius 3 is 1.82 bits per heavy atom. The lowest BCUT2D eigenvalue weighted by molar-refractivity contribution is -0.131. The average Bonchev–Trinajstić information content (AvgIpc) is 3.36. The molecule has 1 fully saturated rings. The third kappa shape index (κ3) is 6.25. The van der Waals surface area contributed by atoms with Gasteiger partial charge in [0, 0.05) is 16.8 Å². The van der Waals surface area contributed by atoms with Gasteiger partial charge in [0.2, 0.25) is 11.8 Å². The van der Waals surface area contributed by atoms with Crippen LogP contribution in [0.5, 0.6) is 11.5 Å². The summed E-state index contributed by atoms with van der Waals surface area (Å²) in [6.45, 7) is 3.84. The molecule has 2 N–H and O–H groups in total. The third-order valence-electron chi connectivity index (χ3n) is 6.58. The van der Waals surface area contributed by atoms with Crippen molar-refractivity contribution in [2.24, 2.45) is 23.2 Å². The normalized spacial score (nSPS) is 24.0. The smallest absolute Gasteiger partial charge is 0.306 e. The first-order valence-corrected chi connectivity index (χ1v) is 15.3. The Kier molecular flexibility index (Phi) is 7.39. The molecule has 0 aliphatic heterocycles. The zero-order valence-electron chi connectivity index (χ0n) is 20.8. The summed E-state index contributed by atoms with van der Waals surface area (Å²) in [4.78, 5) is 27.0. The predicted molar refractivity (Wildman–Crippen MR) is 143 cm³/mol. The highest BCUT2D eigenvalue weighted by Gasteiger charge is 2.59.